The molecule has 0 saturated heterocycles. The van der Waals surface area contributed by atoms with Crippen molar-refractivity contribution in [2.24, 2.45) is 0 Å². The average Bonchev–Trinajstić information content (AvgIpc) is 2.65. The highest BCUT2D eigenvalue weighted by atomic mass is 79.9. The molecule has 0 aliphatic carbocycles. The van der Waals surface area contributed by atoms with Crippen LogP contribution in [0.25, 0.3) is 5.69 Å². The maximum absolute atomic E-state index is 8.81. The third kappa shape index (κ3) is 2.80. The van der Waals surface area contributed by atoms with Gasteiger partial charge in [-0.3, -0.25) is 0 Å². The maximum atomic E-state index is 8.81. The number of aliphatic hydroxyl groups is 1. The van der Waals surface area contributed by atoms with E-state index < -0.39 is 0 Å². The van der Waals surface area contributed by atoms with E-state index in [0.29, 0.717) is 27.8 Å². The lowest BCUT2D eigenvalue weighted by Gasteiger charge is -2.06. The predicted octanol–water partition coefficient (Wildman–Crippen LogP) is 2.87. The van der Waals surface area contributed by atoms with Gasteiger partial charge in [0.2, 0.25) is 0 Å². The molecule has 0 saturated carbocycles. The van der Waals surface area contributed by atoms with Gasteiger partial charge in [-0.1, -0.05) is 44.3 Å². The summed E-state index contributed by atoms with van der Waals surface area (Å²) in [5.41, 5.74) is 1.26. The highest BCUT2D eigenvalue weighted by Crippen LogP contribution is 2.31. The zero-order valence-corrected chi connectivity index (χ0v) is 11.7. The summed E-state index contributed by atoms with van der Waals surface area (Å²) in [7, 11) is 0. The standard InChI is InChI=1S/C10H8BrCl2N3O/c11-6-3-8(12)10(9(13)4-6)16-5-7(1-2-17)14-15-16/h3-5,17H,1-2H2. The zero-order valence-electron chi connectivity index (χ0n) is 8.57. The Balaban J connectivity index is 2.45. The van der Waals surface area contributed by atoms with Gasteiger partial charge in [-0.25, -0.2) is 4.68 Å². The van der Waals surface area contributed by atoms with Gasteiger partial charge >= 0.3 is 0 Å². The van der Waals surface area contributed by atoms with Crippen molar-refractivity contribution in [1.82, 2.24) is 15.0 Å². The lowest BCUT2D eigenvalue weighted by Crippen LogP contribution is -1.97. The number of nitrogens with zero attached hydrogens (tertiary/aromatic N) is 3. The van der Waals surface area contributed by atoms with E-state index in [-0.39, 0.29) is 6.61 Å². The molecule has 0 aliphatic heterocycles. The van der Waals surface area contributed by atoms with Crippen molar-refractivity contribution in [3.8, 4) is 5.69 Å². The van der Waals surface area contributed by atoms with Gasteiger partial charge in [0.25, 0.3) is 0 Å². The Hall–Kier alpha value is -0.620. The first-order valence-electron chi connectivity index (χ1n) is 4.79. The SMILES string of the molecule is OCCc1cn(-c2c(Cl)cc(Br)cc2Cl)nn1. The van der Waals surface area contributed by atoms with E-state index in [1.807, 2.05) is 0 Å². The van der Waals surface area contributed by atoms with Crippen LogP contribution in [0.15, 0.2) is 22.8 Å². The first-order chi connectivity index (χ1) is 8.11. The number of hydrogen-bond donors (Lipinski definition) is 1. The van der Waals surface area contributed by atoms with Crippen LogP contribution < -0.4 is 0 Å². The van der Waals surface area contributed by atoms with Gasteiger partial charge in [-0.05, 0) is 12.1 Å². The first-order valence-corrected chi connectivity index (χ1v) is 6.33. The van der Waals surface area contributed by atoms with Gasteiger partial charge in [-0.2, -0.15) is 0 Å². The molecule has 0 amide bonds. The van der Waals surface area contributed by atoms with E-state index in [2.05, 4.69) is 26.2 Å². The predicted molar refractivity (Wildman–Crippen MR) is 69.9 cm³/mol. The highest BCUT2D eigenvalue weighted by Gasteiger charge is 2.11. The van der Waals surface area contributed by atoms with E-state index >= 15 is 0 Å². The van der Waals surface area contributed by atoms with Crippen molar-refractivity contribution in [3.05, 3.63) is 38.5 Å². The molecule has 0 aliphatic rings. The van der Waals surface area contributed by atoms with Crippen LogP contribution in [0.3, 0.4) is 0 Å². The van der Waals surface area contributed by atoms with Crippen LogP contribution in [0.5, 0.6) is 0 Å². The first kappa shape index (κ1) is 12.8. The topological polar surface area (TPSA) is 50.9 Å². The fraction of sp³-hybridized carbons (Fsp3) is 0.200. The molecule has 1 heterocycles. The second-order valence-electron chi connectivity index (χ2n) is 3.35. The number of halogens is 3. The molecule has 4 nitrogen and oxygen atoms in total. The van der Waals surface area contributed by atoms with Crippen LogP contribution in [0.4, 0.5) is 0 Å². The molecule has 0 bridgehead atoms. The van der Waals surface area contributed by atoms with Crippen molar-refractivity contribution >= 4 is 39.1 Å². The highest BCUT2D eigenvalue weighted by molar-refractivity contribution is 9.10. The van der Waals surface area contributed by atoms with Crippen molar-refractivity contribution < 1.29 is 5.11 Å². The second-order valence-corrected chi connectivity index (χ2v) is 5.08. The third-order valence-corrected chi connectivity index (χ3v) is 3.15. The number of aliphatic hydroxyl groups excluding tert-OH is 1. The Morgan fingerprint density at radius 2 is 1.94 bits per heavy atom. The molecule has 1 aromatic carbocycles. The van der Waals surface area contributed by atoms with Crippen molar-refractivity contribution in [2.75, 3.05) is 6.61 Å². The van der Waals surface area contributed by atoms with Gasteiger partial charge < -0.3 is 5.11 Å². The Bertz CT molecular complexity index is 521. The van der Waals surface area contributed by atoms with E-state index in [1.54, 1.807) is 18.3 Å². The molecule has 90 valence electrons. The quantitative estimate of drug-likeness (QED) is 0.937. The number of hydrogen-bond acceptors (Lipinski definition) is 3. The van der Waals surface area contributed by atoms with Crippen LogP contribution in [-0.4, -0.2) is 26.7 Å². The number of benzene rings is 1. The fourth-order valence-electron chi connectivity index (χ4n) is 1.39. The number of aromatic nitrogens is 3. The molecule has 0 radical (unpaired) electrons. The van der Waals surface area contributed by atoms with Crippen molar-refractivity contribution in [3.63, 3.8) is 0 Å². The summed E-state index contributed by atoms with van der Waals surface area (Å²) in [4.78, 5) is 0. The van der Waals surface area contributed by atoms with Gasteiger partial charge in [0, 0.05) is 17.5 Å². The summed E-state index contributed by atoms with van der Waals surface area (Å²) in [6.07, 6.45) is 2.14. The van der Waals surface area contributed by atoms with Gasteiger partial charge in [0.15, 0.2) is 0 Å². The monoisotopic (exact) mass is 335 g/mol. The minimum Gasteiger partial charge on any atom is -0.396 e. The van der Waals surface area contributed by atoms with Crippen LogP contribution >= 0.6 is 39.1 Å². The fourth-order valence-corrected chi connectivity index (χ4v) is 2.77. The van der Waals surface area contributed by atoms with Gasteiger partial charge in [0.05, 0.1) is 21.9 Å². The molecule has 1 aromatic heterocycles. The summed E-state index contributed by atoms with van der Waals surface area (Å²) in [5.74, 6) is 0. The Labute approximate surface area is 116 Å². The lowest BCUT2D eigenvalue weighted by molar-refractivity contribution is 0.298. The lowest BCUT2D eigenvalue weighted by atomic mass is 10.3. The van der Waals surface area contributed by atoms with E-state index in [0.717, 1.165) is 4.47 Å². The summed E-state index contributed by atoms with van der Waals surface area (Å²) in [6, 6.07) is 3.46. The molecule has 0 fully saturated rings. The maximum Gasteiger partial charge on any atom is 0.104 e. The van der Waals surface area contributed by atoms with Gasteiger partial charge in [-0.15, -0.1) is 5.10 Å². The summed E-state index contributed by atoms with van der Waals surface area (Å²) in [6.45, 7) is 0.0283. The average molecular weight is 337 g/mol. The van der Waals surface area contributed by atoms with Gasteiger partial charge in [0.1, 0.15) is 5.69 Å². The molecule has 0 unspecified atom stereocenters. The molecule has 0 atom stereocenters. The zero-order chi connectivity index (χ0) is 12.4. The third-order valence-electron chi connectivity index (χ3n) is 2.12. The molecule has 7 heteroatoms. The van der Waals surface area contributed by atoms with E-state index in [1.165, 1.54) is 4.68 Å². The van der Waals surface area contributed by atoms with Crippen LogP contribution in [0.1, 0.15) is 5.69 Å². The second kappa shape index (κ2) is 5.35. The molecule has 2 aromatic rings. The van der Waals surface area contributed by atoms with Crippen molar-refractivity contribution in [1.29, 1.82) is 0 Å². The Morgan fingerprint density at radius 1 is 1.29 bits per heavy atom. The molecule has 0 spiro atoms. The van der Waals surface area contributed by atoms with Crippen LogP contribution in [-0.2, 0) is 6.42 Å². The smallest absolute Gasteiger partial charge is 0.104 e. The normalized spacial score (nSPS) is 10.8. The minimum atomic E-state index is 0.0283. The number of rotatable bonds is 3. The van der Waals surface area contributed by atoms with E-state index in [9.17, 15) is 0 Å². The summed E-state index contributed by atoms with van der Waals surface area (Å²) in [5, 5.41) is 17.6. The van der Waals surface area contributed by atoms with E-state index in [4.69, 9.17) is 28.3 Å². The molecule has 1 N–H and O–H groups in total. The van der Waals surface area contributed by atoms with Crippen LogP contribution in [0.2, 0.25) is 10.0 Å². The minimum absolute atomic E-state index is 0.0283. The summed E-state index contributed by atoms with van der Waals surface area (Å²) < 4.78 is 2.30. The Kier molecular flexibility index (Phi) is 4.04. The molecule has 2 rings (SSSR count). The van der Waals surface area contributed by atoms with Crippen molar-refractivity contribution in [2.45, 2.75) is 6.42 Å². The largest absolute Gasteiger partial charge is 0.396 e. The molecular weight excluding hydrogens is 329 g/mol. The van der Waals surface area contributed by atoms with Crippen LogP contribution in [0, 0.1) is 0 Å². The Morgan fingerprint density at radius 3 is 2.53 bits per heavy atom. The molecule has 17 heavy (non-hydrogen) atoms. The molecular formula is C10H8BrCl2N3O. The summed E-state index contributed by atoms with van der Waals surface area (Å²) >= 11 is 15.5.